The third kappa shape index (κ3) is 2.09. The van der Waals surface area contributed by atoms with Crippen LogP contribution in [0, 0.1) is 11.8 Å². The van der Waals surface area contributed by atoms with Crippen molar-refractivity contribution in [3.05, 3.63) is 0 Å². The highest BCUT2D eigenvalue weighted by Gasteiger charge is 2.40. The van der Waals surface area contributed by atoms with Crippen LogP contribution in [0.5, 0.6) is 0 Å². The van der Waals surface area contributed by atoms with Gasteiger partial charge in [-0.05, 0) is 19.9 Å². The lowest BCUT2D eigenvalue weighted by molar-refractivity contribution is -0.187. The molecule has 2 fully saturated rings. The van der Waals surface area contributed by atoms with Gasteiger partial charge in [0, 0.05) is 6.42 Å². The molecule has 0 aromatic heterocycles. The van der Waals surface area contributed by atoms with Crippen LogP contribution < -0.4 is 0 Å². The van der Waals surface area contributed by atoms with Crippen molar-refractivity contribution in [2.45, 2.75) is 25.6 Å². The molecule has 2 rings (SSSR count). The quantitative estimate of drug-likeness (QED) is 0.579. The highest BCUT2D eigenvalue weighted by Crippen LogP contribution is 2.29. The molecule has 0 aromatic carbocycles. The molecule has 0 saturated carbocycles. The number of ether oxygens (including phenoxy) is 2. The summed E-state index contributed by atoms with van der Waals surface area (Å²) in [5.41, 5.74) is 0. The van der Waals surface area contributed by atoms with Gasteiger partial charge in [-0.3, -0.25) is 4.90 Å². The summed E-state index contributed by atoms with van der Waals surface area (Å²) in [6, 6.07) is 0. The summed E-state index contributed by atoms with van der Waals surface area (Å²) >= 11 is 0. The van der Waals surface area contributed by atoms with Gasteiger partial charge in [0.05, 0.1) is 26.3 Å². The van der Waals surface area contributed by atoms with Gasteiger partial charge in [0.2, 0.25) is 0 Å². The van der Waals surface area contributed by atoms with E-state index in [2.05, 4.69) is 16.7 Å². The summed E-state index contributed by atoms with van der Waals surface area (Å²) in [5, 5.41) is 0. The molecule has 3 nitrogen and oxygen atoms in total. The minimum Gasteiger partial charge on any atom is -0.346 e. The Kier molecular flexibility index (Phi) is 3.07. The van der Waals surface area contributed by atoms with Gasteiger partial charge in [0.1, 0.15) is 0 Å². The van der Waals surface area contributed by atoms with Crippen molar-refractivity contribution in [3.63, 3.8) is 0 Å². The van der Waals surface area contributed by atoms with Crippen molar-refractivity contribution in [1.29, 1.82) is 0 Å². The molecular weight excluding hydrogens is 178 g/mol. The second kappa shape index (κ2) is 4.31. The minimum atomic E-state index is -0.298. The monoisotopic (exact) mass is 195 g/mol. The zero-order valence-corrected chi connectivity index (χ0v) is 8.71. The lowest BCUT2D eigenvalue weighted by Crippen LogP contribution is -2.48. The Morgan fingerprint density at radius 3 is 2.86 bits per heavy atom. The van der Waals surface area contributed by atoms with E-state index in [1.807, 2.05) is 6.92 Å². The summed E-state index contributed by atoms with van der Waals surface area (Å²) in [6.07, 6.45) is 2.18. The molecule has 0 bridgehead atoms. The first-order valence-electron chi connectivity index (χ1n) is 5.24. The van der Waals surface area contributed by atoms with Gasteiger partial charge in [-0.15, -0.1) is 5.92 Å². The van der Waals surface area contributed by atoms with E-state index in [0.717, 1.165) is 45.7 Å². The van der Waals surface area contributed by atoms with Crippen molar-refractivity contribution in [2.75, 3.05) is 32.8 Å². The third-order valence-electron chi connectivity index (χ3n) is 2.79. The Labute approximate surface area is 85.4 Å². The Hall–Kier alpha value is -0.560. The van der Waals surface area contributed by atoms with E-state index in [0.29, 0.717) is 0 Å². The number of likely N-dealkylation sites (tertiary alicyclic amines) is 1. The average molecular weight is 195 g/mol. The second-order valence-electron chi connectivity index (χ2n) is 3.85. The van der Waals surface area contributed by atoms with Gasteiger partial charge in [-0.2, -0.15) is 0 Å². The summed E-state index contributed by atoms with van der Waals surface area (Å²) in [7, 11) is 0. The number of hydrogen-bond acceptors (Lipinski definition) is 3. The van der Waals surface area contributed by atoms with Crippen molar-refractivity contribution in [2.24, 2.45) is 0 Å². The standard InChI is InChI=1S/C11H17NO2/c1-2-3-6-12-7-4-5-11(10-12)13-8-9-14-11/h4-10H2,1H3. The zero-order chi connectivity index (χ0) is 9.86. The van der Waals surface area contributed by atoms with Crippen LogP contribution in [0.2, 0.25) is 0 Å². The van der Waals surface area contributed by atoms with Crippen LogP contribution >= 0.6 is 0 Å². The summed E-state index contributed by atoms with van der Waals surface area (Å²) in [5.74, 6) is 5.71. The molecule has 2 aliphatic rings. The number of piperidine rings is 1. The molecular formula is C11H17NO2. The predicted molar refractivity (Wildman–Crippen MR) is 53.8 cm³/mol. The molecule has 2 saturated heterocycles. The van der Waals surface area contributed by atoms with E-state index in [1.165, 1.54) is 0 Å². The molecule has 0 radical (unpaired) electrons. The van der Waals surface area contributed by atoms with Gasteiger partial charge < -0.3 is 9.47 Å². The van der Waals surface area contributed by atoms with Crippen LogP contribution in [-0.2, 0) is 9.47 Å². The van der Waals surface area contributed by atoms with E-state index in [4.69, 9.17) is 9.47 Å². The molecule has 0 atom stereocenters. The topological polar surface area (TPSA) is 21.7 Å². The van der Waals surface area contributed by atoms with Crippen LogP contribution in [0.1, 0.15) is 19.8 Å². The maximum atomic E-state index is 5.68. The summed E-state index contributed by atoms with van der Waals surface area (Å²) in [6.45, 7) is 6.19. The smallest absolute Gasteiger partial charge is 0.181 e. The average Bonchev–Trinajstić information content (AvgIpc) is 2.63. The van der Waals surface area contributed by atoms with Crippen LogP contribution in [0.25, 0.3) is 0 Å². The first-order valence-corrected chi connectivity index (χ1v) is 5.24. The normalized spacial score (nSPS) is 26.1. The molecule has 3 heteroatoms. The van der Waals surface area contributed by atoms with Crippen LogP contribution in [-0.4, -0.2) is 43.5 Å². The molecule has 1 spiro atoms. The first kappa shape index (κ1) is 9.97. The highest BCUT2D eigenvalue weighted by molar-refractivity contribution is 4.99. The van der Waals surface area contributed by atoms with Gasteiger partial charge in [-0.25, -0.2) is 0 Å². The minimum absolute atomic E-state index is 0.298. The van der Waals surface area contributed by atoms with E-state index < -0.39 is 0 Å². The Morgan fingerprint density at radius 1 is 1.36 bits per heavy atom. The van der Waals surface area contributed by atoms with E-state index in [-0.39, 0.29) is 5.79 Å². The fourth-order valence-corrected chi connectivity index (χ4v) is 2.13. The molecule has 2 aliphatic heterocycles. The van der Waals surface area contributed by atoms with Crippen molar-refractivity contribution in [3.8, 4) is 11.8 Å². The van der Waals surface area contributed by atoms with Gasteiger partial charge in [0.15, 0.2) is 5.79 Å². The lowest BCUT2D eigenvalue weighted by Gasteiger charge is -2.37. The Balaban J connectivity index is 1.91. The maximum absolute atomic E-state index is 5.68. The zero-order valence-electron chi connectivity index (χ0n) is 8.71. The van der Waals surface area contributed by atoms with Gasteiger partial charge in [-0.1, -0.05) is 5.92 Å². The molecule has 0 amide bonds. The molecule has 0 aromatic rings. The molecule has 0 aliphatic carbocycles. The Morgan fingerprint density at radius 2 is 2.14 bits per heavy atom. The fraction of sp³-hybridized carbons (Fsp3) is 0.818. The first-order chi connectivity index (χ1) is 6.85. The number of hydrogen-bond donors (Lipinski definition) is 0. The maximum Gasteiger partial charge on any atom is 0.181 e. The second-order valence-corrected chi connectivity index (χ2v) is 3.85. The highest BCUT2D eigenvalue weighted by atomic mass is 16.7. The predicted octanol–water partition coefficient (Wildman–Crippen LogP) is 0.849. The fourth-order valence-electron chi connectivity index (χ4n) is 2.13. The summed E-state index contributed by atoms with van der Waals surface area (Å²) < 4.78 is 11.4. The number of nitrogens with zero attached hydrogens (tertiary/aromatic N) is 1. The lowest BCUT2D eigenvalue weighted by atomic mass is 10.0. The van der Waals surface area contributed by atoms with E-state index >= 15 is 0 Å². The largest absolute Gasteiger partial charge is 0.346 e. The summed E-state index contributed by atoms with van der Waals surface area (Å²) in [4.78, 5) is 2.31. The van der Waals surface area contributed by atoms with Gasteiger partial charge in [0.25, 0.3) is 0 Å². The van der Waals surface area contributed by atoms with E-state index in [9.17, 15) is 0 Å². The molecule has 14 heavy (non-hydrogen) atoms. The third-order valence-corrected chi connectivity index (χ3v) is 2.79. The van der Waals surface area contributed by atoms with Crippen molar-refractivity contribution in [1.82, 2.24) is 4.90 Å². The Bertz CT molecular complexity index is 248. The van der Waals surface area contributed by atoms with Crippen LogP contribution in [0.3, 0.4) is 0 Å². The van der Waals surface area contributed by atoms with Crippen molar-refractivity contribution >= 4 is 0 Å². The van der Waals surface area contributed by atoms with Gasteiger partial charge >= 0.3 is 0 Å². The van der Waals surface area contributed by atoms with Crippen molar-refractivity contribution < 1.29 is 9.47 Å². The molecule has 2 heterocycles. The SMILES string of the molecule is CC#CCN1CCCC2(C1)OCCO2. The van der Waals surface area contributed by atoms with Crippen LogP contribution in [0.4, 0.5) is 0 Å². The van der Waals surface area contributed by atoms with Crippen LogP contribution in [0.15, 0.2) is 0 Å². The molecule has 0 N–H and O–H groups in total. The molecule has 78 valence electrons. The molecule has 0 unspecified atom stereocenters. The van der Waals surface area contributed by atoms with E-state index in [1.54, 1.807) is 0 Å². The number of rotatable bonds is 1.